The summed E-state index contributed by atoms with van der Waals surface area (Å²) in [6.45, 7) is 1.61. The molecule has 0 saturated carbocycles. The molecule has 1 N–H and O–H groups in total. The van der Waals surface area contributed by atoms with Crippen LogP contribution in [0.4, 0.5) is 26.3 Å². The summed E-state index contributed by atoms with van der Waals surface area (Å²) in [5, 5.41) is 18.2. The lowest BCUT2D eigenvalue weighted by atomic mass is 9.96. The van der Waals surface area contributed by atoms with E-state index < -0.39 is 40.5 Å². The molecular formula is C15H12F6N2O. The van der Waals surface area contributed by atoms with E-state index >= 15 is 0 Å². The molecule has 130 valence electrons. The van der Waals surface area contributed by atoms with E-state index in [2.05, 4.69) is 0 Å². The molecule has 0 bridgehead atoms. The number of rotatable bonds is 2. The van der Waals surface area contributed by atoms with Gasteiger partial charge >= 0.3 is 12.4 Å². The highest BCUT2D eigenvalue weighted by molar-refractivity contribution is 5.86. The number of nitrogens with zero attached hydrogens (tertiary/aromatic N) is 2. The molecule has 2 rings (SSSR count). The summed E-state index contributed by atoms with van der Waals surface area (Å²) in [6.07, 6.45) is -8.78. The van der Waals surface area contributed by atoms with Crippen molar-refractivity contribution in [3.63, 3.8) is 0 Å². The van der Waals surface area contributed by atoms with Gasteiger partial charge in [-0.1, -0.05) is 0 Å². The third-order valence-corrected chi connectivity index (χ3v) is 4.11. The fourth-order valence-corrected chi connectivity index (χ4v) is 2.48. The minimum atomic E-state index is -4.97. The molecule has 2 atom stereocenters. The number of halogens is 6. The Labute approximate surface area is 132 Å². The maximum absolute atomic E-state index is 13.2. The zero-order valence-corrected chi connectivity index (χ0v) is 12.5. The lowest BCUT2D eigenvalue weighted by molar-refractivity contribution is -0.266. The highest BCUT2D eigenvalue weighted by Gasteiger charge is 2.54. The van der Waals surface area contributed by atoms with Crippen molar-refractivity contribution in [2.45, 2.75) is 37.8 Å². The molecule has 1 heterocycles. The van der Waals surface area contributed by atoms with Gasteiger partial charge in [-0.15, -0.1) is 0 Å². The number of aliphatic hydroxyl groups is 1. The fraction of sp³-hybridized carbons (Fsp3) is 0.400. The summed E-state index contributed by atoms with van der Waals surface area (Å²) in [6, 6.07) is 2.87. The average Bonchev–Trinajstić information content (AvgIpc) is 2.86. The summed E-state index contributed by atoms with van der Waals surface area (Å²) in [4.78, 5) is 0. The molecule has 0 fully saturated rings. The van der Waals surface area contributed by atoms with Gasteiger partial charge in [-0.25, -0.2) is 0 Å². The predicted molar refractivity (Wildman–Crippen MR) is 73.0 cm³/mol. The second kappa shape index (κ2) is 5.41. The molecule has 0 aliphatic carbocycles. The van der Waals surface area contributed by atoms with E-state index in [0.717, 1.165) is 35.9 Å². The second-order valence-corrected chi connectivity index (χ2v) is 5.57. The van der Waals surface area contributed by atoms with Gasteiger partial charge in [0.2, 0.25) is 0 Å². The quantitative estimate of drug-likeness (QED) is 0.816. The molecule has 1 aromatic carbocycles. The number of benzene rings is 1. The molecule has 0 saturated heterocycles. The Morgan fingerprint density at radius 3 is 2.17 bits per heavy atom. The zero-order chi connectivity index (χ0) is 18.5. The van der Waals surface area contributed by atoms with Gasteiger partial charge in [0.05, 0.1) is 23.2 Å². The normalized spacial score (nSPS) is 16.7. The lowest BCUT2D eigenvalue weighted by Crippen LogP contribution is -2.48. The summed E-state index contributed by atoms with van der Waals surface area (Å²) < 4.78 is 79.5. The Hall–Kier alpha value is -2.21. The van der Waals surface area contributed by atoms with Gasteiger partial charge in [-0.3, -0.25) is 0 Å². The number of hydrogen-bond donors (Lipinski definition) is 1. The van der Waals surface area contributed by atoms with Gasteiger partial charge in [0, 0.05) is 17.1 Å². The van der Waals surface area contributed by atoms with Crippen LogP contribution in [0.1, 0.15) is 31.0 Å². The van der Waals surface area contributed by atoms with Crippen molar-refractivity contribution in [3.8, 4) is 6.07 Å². The molecule has 0 spiro atoms. The van der Waals surface area contributed by atoms with Gasteiger partial charge in [0.1, 0.15) is 0 Å². The van der Waals surface area contributed by atoms with E-state index in [1.165, 1.54) is 6.07 Å². The third-order valence-electron chi connectivity index (χ3n) is 4.11. The molecule has 1 aromatic heterocycles. The van der Waals surface area contributed by atoms with Gasteiger partial charge in [0.25, 0.3) is 0 Å². The van der Waals surface area contributed by atoms with Crippen LogP contribution in [-0.4, -0.2) is 21.5 Å². The van der Waals surface area contributed by atoms with Crippen LogP contribution in [0.3, 0.4) is 0 Å². The maximum atomic E-state index is 13.2. The van der Waals surface area contributed by atoms with E-state index in [4.69, 9.17) is 5.26 Å². The van der Waals surface area contributed by atoms with Crippen molar-refractivity contribution in [1.82, 2.24) is 4.57 Å². The van der Waals surface area contributed by atoms with Crippen molar-refractivity contribution >= 4 is 10.9 Å². The molecule has 0 aliphatic heterocycles. The third kappa shape index (κ3) is 2.71. The summed E-state index contributed by atoms with van der Waals surface area (Å²) in [5.41, 5.74) is -5.13. The topological polar surface area (TPSA) is 49.0 Å². The summed E-state index contributed by atoms with van der Waals surface area (Å²) in [5.74, 6) is 0. The second-order valence-electron chi connectivity index (χ2n) is 5.57. The predicted octanol–water partition coefficient (Wildman–Crippen LogP) is 4.41. The Kier molecular flexibility index (Phi) is 4.09. The molecular weight excluding hydrogens is 338 g/mol. The first-order valence-electron chi connectivity index (χ1n) is 6.72. The minimum Gasteiger partial charge on any atom is -0.379 e. The standard InChI is InChI=1S/C15H12F6N2O/c1-8(13(2,24)15(19,20)21)23-6-5-10-11(23)4-3-9(7-22)12(10)14(16,17)18/h3-6,8,24H,1-2H3/t8-,13+/m1/s1. The zero-order valence-electron chi connectivity index (χ0n) is 12.5. The van der Waals surface area contributed by atoms with Crippen molar-refractivity contribution < 1.29 is 31.4 Å². The Bertz CT molecular complexity index is 810. The molecule has 2 aromatic rings. The number of aromatic nitrogens is 1. The van der Waals surface area contributed by atoms with Crippen LogP contribution in [0.25, 0.3) is 10.9 Å². The molecule has 0 amide bonds. The molecule has 0 unspecified atom stereocenters. The smallest absolute Gasteiger partial charge is 0.379 e. The van der Waals surface area contributed by atoms with Gasteiger partial charge in [0.15, 0.2) is 5.60 Å². The fourth-order valence-electron chi connectivity index (χ4n) is 2.48. The maximum Gasteiger partial charge on any atom is 0.418 e. The molecule has 9 heteroatoms. The first-order chi connectivity index (χ1) is 10.8. The van der Waals surface area contributed by atoms with E-state index in [1.54, 1.807) is 0 Å². The van der Waals surface area contributed by atoms with Crippen LogP contribution in [0.15, 0.2) is 24.4 Å². The van der Waals surface area contributed by atoms with Crippen LogP contribution in [0.5, 0.6) is 0 Å². The summed E-state index contributed by atoms with van der Waals surface area (Å²) >= 11 is 0. The van der Waals surface area contributed by atoms with Crippen LogP contribution in [0, 0.1) is 11.3 Å². The van der Waals surface area contributed by atoms with Crippen LogP contribution >= 0.6 is 0 Å². The van der Waals surface area contributed by atoms with E-state index in [9.17, 15) is 31.4 Å². The lowest BCUT2D eigenvalue weighted by Gasteiger charge is -2.33. The number of hydrogen-bond acceptors (Lipinski definition) is 2. The highest BCUT2D eigenvalue weighted by Crippen LogP contribution is 2.42. The monoisotopic (exact) mass is 350 g/mol. The van der Waals surface area contributed by atoms with Crippen molar-refractivity contribution in [1.29, 1.82) is 5.26 Å². The minimum absolute atomic E-state index is 0.154. The van der Waals surface area contributed by atoms with E-state index in [-0.39, 0.29) is 5.52 Å². The van der Waals surface area contributed by atoms with Crippen molar-refractivity contribution in [2.75, 3.05) is 0 Å². The average molecular weight is 350 g/mol. The molecule has 0 aliphatic rings. The first-order valence-corrected chi connectivity index (χ1v) is 6.72. The Morgan fingerprint density at radius 2 is 1.71 bits per heavy atom. The van der Waals surface area contributed by atoms with Gasteiger partial charge < -0.3 is 9.67 Å². The van der Waals surface area contributed by atoms with E-state index in [0.29, 0.717) is 6.92 Å². The van der Waals surface area contributed by atoms with E-state index in [1.807, 2.05) is 0 Å². The van der Waals surface area contributed by atoms with Crippen molar-refractivity contribution in [2.24, 2.45) is 0 Å². The number of alkyl halides is 6. The van der Waals surface area contributed by atoms with Crippen LogP contribution in [0.2, 0.25) is 0 Å². The molecule has 0 radical (unpaired) electrons. The van der Waals surface area contributed by atoms with Gasteiger partial charge in [-0.05, 0) is 32.0 Å². The van der Waals surface area contributed by atoms with Crippen LogP contribution < -0.4 is 0 Å². The number of nitriles is 1. The Morgan fingerprint density at radius 1 is 1.12 bits per heavy atom. The van der Waals surface area contributed by atoms with Crippen LogP contribution in [-0.2, 0) is 6.18 Å². The summed E-state index contributed by atoms with van der Waals surface area (Å²) in [7, 11) is 0. The van der Waals surface area contributed by atoms with Crippen molar-refractivity contribution in [3.05, 3.63) is 35.5 Å². The molecule has 24 heavy (non-hydrogen) atoms. The highest BCUT2D eigenvalue weighted by atomic mass is 19.4. The number of fused-ring (bicyclic) bond motifs is 1. The first kappa shape index (κ1) is 18.1. The Balaban J connectivity index is 2.72. The largest absolute Gasteiger partial charge is 0.418 e. The molecule has 3 nitrogen and oxygen atoms in total. The van der Waals surface area contributed by atoms with Gasteiger partial charge in [-0.2, -0.15) is 31.6 Å². The SMILES string of the molecule is C[C@@H](n1ccc2c(C(F)(F)F)c(C#N)ccc21)[C@](C)(O)C(F)(F)F.